The van der Waals surface area contributed by atoms with Crippen molar-refractivity contribution in [3.63, 3.8) is 0 Å². The summed E-state index contributed by atoms with van der Waals surface area (Å²) in [6.45, 7) is 5.15. The van der Waals surface area contributed by atoms with Gasteiger partial charge in [-0.1, -0.05) is 43.3 Å². The molecule has 2 aromatic rings. The van der Waals surface area contributed by atoms with Crippen LogP contribution in [0.1, 0.15) is 76.4 Å². The van der Waals surface area contributed by atoms with Gasteiger partial charge in [-0.15, -0.1) is 0 Å². The van der Waals surface area contributed by atoms with E-state index in [1.165, 1.54) is 52.0 Å². The monoisotopic (exact) mass is 942 g/mol. The highest BCUT2D eigenvalue weighted by Crippen LogP contribution is 2.72. The van der Waals surface area contributed by atoms with Gasteiger partial charge in [-0.05, 0) is 93.4 Å². The molecule has 362 valence electrons. The summed E-state index contributed by atoms with van der Waals surface area (Å²) < 4.78 is 52.5. The number of hydrogen-bond acceptors (Lipinski definition) is 12. The summed E-state index contributed by atoms with van der Waals surface area (Å²) in [6, 6.07) is 10.6. The summed E-state index contributed by atoms with van der Waals surface area (Å²) in [5.74, 6) is -5.16. The quantitative estimate of drug-likeness (QED) is 0.201. The molecule has 3 saturated carbocycles. The van der Waals surface area contributed by atoms with Crippen molar-refractivity contribution in [1.29, 1.82) is 0 Å². The minimum absolute atomic E-state index is 0.00413. The van der Waals surface area contributed by atoms with Crippen LogP contribution in [-0.2, 0) is 49.5 Å². The maximum absolute atomic E-state index is 17.8. The average molecular weight is 943 g/mol. The Hall–Kier alpha value is -5.95. The molecule has 6 aliphatic rings. The third-order valence-electron chi connectivity index (χ3n) is 15.5. The summed E-state index contributed by atoms with van der Waals surface area (Å²) in [4.78, 5) is 90.8. The molecule has 0 radical (unpaired) electrons. The number of alkyl halides is 2. The number of halogens is 2. The van der Waals surface area contributed by atoms with Gasteiger partial charge in [0, 0.05) is 54.5 Å². The lowest BCUT2D eigenvalue weighted by molar-refractivity contribution is -0.235. The van der Waals surface area contributed by atoms with E-state index in [-0.39, 0.29) is 37.8 Å². The van der Waals surface area contributed by atoms with Crippen LogP contribution in [0.15, 0.2) is 78.4 Å². The van der Waals surface area contributed by atoms with Gasteiger partial charge in [-0.3, -0.25) is 38.5 Å². The fraction of sp³-hybridized carbons (Fsp3) is 0.500. The number of Topliss-reactive ketones (excluding diaryl/α,β-unsaturated/α-hetero) is 1. The Morgan fingerprint density at radius 1 is 0.956 bits per heavy atom. The van der Waals surface area contributed by atoms with E-state index in [9.17, 15) is 43.8 Å². The summed E-state index contributed by atoms with van der Waals surface area (Å²) in [6.07, 6.45) is 0.410. The summed E-state index contributed by atoms with van der Waals surface area (Å²) in [7, 11) is 3.00. The van der Waals surface area contributed by atoms with Gasteiger partial charge in [0.05, 0.1) is 25.0 Å². The molecule has 2 aliphatic heterocycles. The number of ketones is 2. The number of allylic oxidation sites excluding steroid dienone is 4. The number of hydrogen-bond donors (Lipinski definition) is 4. The predicted octanol–water partition coefficient (Wildman–Crippen LogP) is 3.22. The number of nitrogens with one attached hydrogen (secondary N) is 2. The van der Waals surface area contributed by atoms with Crippen molar-refractivity contribution in [2.45, 2.75) is 108 Å². The molecule has 5 amide bonds. The highest BCUT2D eigenvalue weighted by molar-refractivity contribution is 6.13. The molecule has 0 bridgehead atoms. The van der Waals surface area contributed by atoms with Crippen molar-refractivity contribution in [1.82, 2.24) is 15.5 Å². The van der Waals surface area contributed by atoms with Crippen LogP contribution in [0.2, 0.25) is 0 Å². The van der Waals surface area contributed by atoms with Crippen LogP contribution in [0.25, 0.3) is 0 Å². The molecule has 18 heteroatoms. The molecule has 1 saturated heterocycles. The lowest BCUT2D eigenvalue weighted by Crippen LogP contribution is -2.70. The van der Waals surface area contributed by atoms with Crippen LogP contribution in [0.5, 0.6) is 5.75 Å². The van der Waals surface area contributed by atoms with Crippen LogP contribution in [0.4, 0.5) is 14.5 Å². The topological polar surface area (TPSA) is 218 Å². The van der Waals surface area contributed by atoms with E-state index in [0.29, 0.717) is 23.4 Å². The van der Waals surface area contributed by atoms with Gasteiger partial charge in [0.25, 0.3) is 11.8 Å². The number of carbonyl (C=O) groups is 7. The molecule has 12 atom stereocenters. The predicted molar refractivity (Wildman–Crippen MR) is 239 cm³/mol. The third kappa shape index (κ3) is 7.69. The maximum Gasteiger partial charge on any atom is 0.253 e. The van der Waals surface area contributed by atoms with Gasteiger partial charge in [0.1, 0.15) is 30.6 Å². The van der Waals surface area contributed by atoms with E-state index in [4.69, 9.17) is 14.2 Å². The lowest BCUT2D eigenvalue weighted by atomic mass is 9.44. The number of anilines is 1. The minimum atomic E-state index is -2.36. The van der Waals surface area contributed by atoms with Crippen molar-refractivity contribution in [2.75, 3.05) is 32.2 Å². The summed E-state index contributed by atoms with van der Waals surface area (Å²) >= 11 is 0. The van der Waals surface area contributed by atoms with Crippen LogP contribution in [0, 0.1) is 22.7 Å². The number of amides is 5. The van der Waals surface area contributed by atoms with Crippen molar-refractivity contribution in [3.05, 3.63) is 95.1 Å². The maximum atomic E-state index is 17.8. The Kier molecular flexibility index (Phi) is 12.7. The molecule has 4 N–H and O–H groups in total. The second kappa shape index (κ2) is 17.9. The van der Waals surface area contributed by atoms with Gasteiger partial charge in [-0.25, -0.2) is 8.78 Å². The number of aliphatic hydroxyl groups excluding tert-OH is 2. The van der Waals surface area contributed by atoms with E-state index in [1.807, 2.05) is 18.2 Å². The molecule has 4 aliphatic carbocycles. The molecule has 0 aromatic heterocycles. The average Bonchev–Trinajstić information content (AvgIpc) is 3.94. The second-order valence-electron chi connectivity index (χ2n) is 19.2. The number of fused-ring (bicyclic) bond motifs is 7. The number of carbonyl (C=O) groups excluding carboxylic acids is 7. The Bertz CT molecular complexity index is 2530. The molecule has 0 unspecified atom stereocenters. The molecule has 2 heterocycles. The van der Waals surface area contributed by atoms with E-state index in [1.54, 1.807) is 31.2 Å². The van der Waals surface area contributed by atoms with Crippen LogP contribution in [-0.4, -0.2) is 125 Å². The Labute approximate surface area is 391 Å². The zero-order valence-electron chi connectivity index (χ0n) is 38.6. The Balaban J connectivity index is 0.905. The number of likely N-dealkylation sites (N-methyl/N-ethyl adjacent to an activating group) is 1. The van der Waals surface area contributed by atoms with Crippen molar-refractivity contribution < 1.29 is 66.8 Å². The number of nitrogens with zero attached hydrogens (tertiary/aromatic N) is 2. The number of rotatable bonds is 14. The van der Waals surface area contributed by atoms with Crippen molar-refractivity contribution in [2.24, 2.45) is 22.7 Å². The highest BCUT2D eigenvalue weighted by Gasteiger charge is 2.80. The number of ether oxygens (including phenoxy) is 3. The fourth-order valence-electron chi connectivity index (χ4n) is 11.9. The highest BCUT2D eigenvalue weighted by atomic mass is 19.1. The summed E-state index contributed by atoms with van der Waals surface area (Å²) in [5, 5.41) is 27.3. The van der Waals surface area contributed by atoms with Crippen LogP contribution < -0.4 is 20.3 Å². The van der Waals surface area contributed by atoms with Gasteiger partial charge in [0.15, 0.2) is 29.1 Å². The smallest absolute Gasteiger partial charge is 0.253 e. The molecule has 2 aromatic carbocycles. The fourth-order valence-corrected chi connectivity index (χ4v) is 11.9. The standard InChI is InChI=1S/C50H56F2N4O12/c1-26(53-41(61)16-18-56-42(62)13-14-43(56)63)44(64)54-27(2)45(65)55(5)36-12-9-29(20-37(36)66-6)19-28-7-10-30(11-8-28)46-67-40-23-32-33-22-35(51)34-21-31(58)15-17-47(34,3)49(33,52)38(59)24-48(32,4)50(40,68-46)39(60)25-57/h7-15,17,20-21,26-27,32-33,35,38,40,46,57,59H,16,18-19,22-25H2,1-6H3,(H,53,61)(H,54,64)/t26-,27-,32-,33-,35-,38-,40+,46+,47-,48-,49-,50+/m0/s1. The number of methoxy groups -OCH3 is 1. The molecular formula is C50H56F2N4O12. The normalized spacial score (nSPS) is 33.2. The van der Waals surface area contributed by atoms with Crippen molar-refractivity contribution in [3.8, 4) is 5.75 Å². The van der Waals surface area contributed by atoms with Gasteiger partial charge >= 0.3 is 0 Å². The van der Waals surface area contributed by atoms with Gasteiger partial charge in [-0.2, -0.15) is 0 Å². The van der Waals surface area contributed by atoms with E-state index >= 15 is 8.78 Å². The summed E-state index contributed by atoms with van der Waals surface area (Å²) in [5.41, 5.74) is -4.29. The van der Waals surface area contributed by atoms with E-state index < -0.39 is 118 Å². The number of benzene rings is 2. The van der Waals surface area contributed by atoms with Gasteiger partial charge < -0.3 is 40.0 Å². The number of aliphatic hydroxyl groups is 2. The minimum Gasteiger partial charge on any atom is -0.495 e. The molecule has 0 spiro atoms. The first-order valence-corrected chi connectivity index (χ1v) is 22.7. The van der Waals surface area contributed by atoms with E-state index in [0.717, 1.165) is 34.3 Å². The van der Waals surface area contributed by atoms with Crippen LogP contribution >= 0.6 is 0 Å². The van der Waals surface area contributed by atoms with E-state index in [2.05, 4.69) is 10.6 Å². The zero-order chi connectivity index (χ0) is 49.2. The first kappa shape index (κ1) is 48.5. The largest absolute Gasteiger partial charge is 0.495 e. The molecule has 4 fully saturated rings. The number of imide groups is 1. The second-order valence-corrected chi connectivity index (χ2v) is 19.2. The van der Waals surface area contributed by atoms with Crippen molar-refractivity contribution >= 4 is 46.8 Å². The Morgan fingerprint density at radius 3 is 2.29 bits per heavy atom. The molecular weight excluding hydrogens is 887 g/mol. The first-order valence-electron chi connectivity index (χ1n) is 22.7. The molecule has 16 nitrogen and oxygen atoms in total. The molecule has 68 heavy (non-hydrogen) atoms. The zero-order valence-corrected chi connectivity index (χ0v) is 38.6. The third-order valence-corrected chi connectivity index (χ3v) is 15.5. The van der Waals surface area contributed by atoms with Gasteiger partial charge in [0.2, 0.25) is 17.7 Å². The first-order chi connectivity index (χ1) is 32.1. The van der Waals surface area contributed by atoms with Crippen LogP contribution in [0.3, 0.4) is 0 Å². The molecule has 8 rings (SSSR count). The Morgan fingerprint density at radius 2 is 1.63 bits per heavy atom. The SMILES string of the molecule is COc1cc(Cc2ccc([C@@H]3O[C@@H]4C[C@H]5[C@@H]6C[C@H](F)C7=CC(=O)C=C[C@]7(C)[C@@]6(F)[C@@H](O)C[C@]5(C)[C@]4(C(=O)CO)O3)cc2)ccc1N(C)C(=O)[C@H](C)NC(=O)[C@H](C)NC(=O)CCN1C(=O)C=CC1=O. The lowest BCUT2D eigenvalue weighted by Gasteiger charge is -2.63.